The van der Waals surface area contributed by atoms with Crippen molar-refractivity contribution in [2.24, 2.45) is 0 Å². The van der Waals surface area contributed by atoms with Crippen molar-refractivity contribution in [1.82, 2.24) is 4.98 Å². The van der Waals surface area contributed by atoms with Crippen LogP contribution in [0.5, 0.6) is 5.75 Å². The summed E-state index contributed by atoms with van der Waals surface area (Å²) in [6.07, 6.45) is -2.70. The molecule has 0 spiro atoms. The van der Waals surface area contributed by atoms with Crippen molar-refractivity contribution in [3.63, 3.8) is 0 Å². The molecule has 2 aromatic rings. The molecule has 0 aliphatic heterocycles. The topological polar surface area (TPSA) is 34.2 Å². The second kappa shape index (κ2) is 4.72. The molecule has 0 atom stereocenters. The minimum atomic E-state index is -2.70. The van der Waals surface area contributed by atoms with Crippen molar-refractivity contribution in [3.05, 3.63) is 29.7 Å². The molecule has 0 amide bonds. The van der Waals surface area contributed by atoms with Gasteiger partial charge in [-0.05, 0) is 12.1 Å². The summed E-state index contributed by atoms with van der Waals surface area (Å²) in [6.45, 7) is 0. The Morgan fingerprint density at radius 2 is 2.00 bits per heavy atom. The maximum atomic E-state index is 13.4. The highest BCUT2D eigenvalue weighted by Crippen LogP contribution is 2.33. The lowest BCUT2D eigenvalue weighted by molar-refractivity contribution is 0.146. The summed E-state index contributed by atoms with van der Waals surface area (Å²) >= 11 is 0. The Kier molecular flexibility index (Phi) is 3.27. The summed E-state index contributed by atoms with van der Waals surface area (Å²) in [5, 5.41) is 3.15. The van der Waals surface area contributed by atoms with Gasteiger partial charge >= 0.3 is 0 Å². The summed E-state index contributed by atoms with van der Waals surface area (Å²) in [4.78, 5) is 3.81. The number of pyridine rings is 1. The summed E-state index contributed by atoms with van der Waals surface area (Å²) in [5.74, 6) is -0.383. The highest BCUT2D eigenvalue weighted by molar-refractivity contribution is 5.95. The van der Waals surface area contributed by atoms with Crippen LogP contribution in [-0.4, -0.2) is 19.1 Å². The lowest BCUT2D eigenvalue weighted by atomic mass is 10.1. The van der Waals surface area contributed by atoms with Crippen LogP contribution in [0.25, 0.3) is 10.9 Å². The average Bonchev–Trinajstić information content (AvgIpc) is 2.36. The average molecular weight is 256 g/mol. The zero-order valence-corrected chi connectivity index (χ0v) is 9.80. The third kappa shape index (κ3) is 2.05. The number of benzene rings is 1. The summed E-state index contributed by atoms with van der Waals surface area (Å²) in [5.41, 5.74) is 0.214. The van der Waals surface area contributed by atoms with Gasteiger partial charge in [-0.15, -0.1) is 0 Å². The molecule has 96 valence electrons. The molecule has 0 fully saturated rings. The third-order valence-corrected chi connectivity index (χ3v) is 2.58. The van der Waals surface area contributed by atoms with Crippen LogP contribution in [0.15, 0.2) is 18.2 Å². The zero-order valence-electron chi connectivity index (χ0n) is 9.80. The molecular weight excluding hydrogens is 245 g/mol. The number of fused-ring (bicyclic) bond motifs is 1. The molecular formula is C12H11F3N2O. The number of hydrogen-bond donors (Lipinski definition) is 1. The number of ether oxygens (including phenoxy) is 1. The fourth-order valence-corrected chi connectivity index (χ4v) is 1.76. The third-order valence-electron chi connectivity index (χ3n) is 2.58. The molecule has 0 saturated heterocycles. The van der Waals surface area contributed by atoms with Crippen LogP contribution < -0.4 is 10.1 Å². The van der Waals surface area contributed by atoms with Gasteiger partial charge in [0, 0.05) is 24.2 Å². The fraction of sp³-hybridized carbons (Fsp3) is 0.250. The van der Waals surface area contributed by atoms with E-state index in [1.807, 2.05) is 0 Å². The molecule has 0 bridgehead atoms. The van der Waals surface area contributed by atoms with Crippen LogP contribution in [0.2, 0.25) is 0 Å². The number of rotatable bonds is 3. The van der Waals surface area contributed by atoms with Crippen LogP contribution in [-0.2, 0) is 0 Å². The van der Waals surface area contributed by atoms with Crippen molar-refractivity contribution in [1.29, 1.82) is 0 Å². The molecule has 1 aromatic carbocycles. The molecule has 0 saturated carbocycles. The number of methoxy groups -OCH3 is 1. The summed E-state index contributed by atoms with van der Waals surface area (Å²) in [7, 11) is 2.91. The van der Waals surface area contributed by atoms with Crippen LogP contribution >= 0.6 is 0 Å². The lowest BCUT2D eigenvalue weighted by Gasteiger charge is -2.11. The number of nitrogens with one attached hydrogen (secondary N) is 1. The summed E-state index contributed by atoms with van der Waals surface area (Å²) in [6, 6.07) is 3.54. The Bertz CT molecular complexity index is 587. The number of nitrogens with zero attached hydrogens (tertiary/aromatic N) is 1. The van der Waals surface area contributed by atoms with Gasteiger partial charge in [0.05, 0.1) is 7.11 Å². The Morgan fingerprint density at radius 1 is 1.28 bits per heavy atom. The Labute approximate surface area is 102 Å². The van der Waals surface area contributed by atoms with Gasteiger partial charge in [-0.1, -0.05) is 0 Å². The highest BCUT2D eigenvalue weighted by atomic mass is 19.3. The van der Waals surface area contributed by atoms with E-state index in [1.165, 1.54) is 19.2 Å². The smallest absolute Gasteiger partial charge is 0.280 e. The van der Waals surface area contributed by atoms with Crippen molar-refractivity contribution >= 4 is 16.6 Å². The van der Waals surface area contributed by atoms with E-state index in [4.69, 9.17) is 4.74 Å². The number of anilines is 1. The van der Waals surface area contributed by atoms with Crippen LogP contribution in [0.4, 0.5) is 18.9 Å². The number of aromatic nitrogens is 1. The van der Waals surface area contributed by atoms with E-state index in [0.717, 1.165) is 6.07 Å². The van der Waals surface area contributed by atoms with Crippen LogP contribution in [0.3, 0.4) is 0 Å². The van der Waals surface area contributed by atoms with Crippen molar-refractivity contribution in [2.75, 3.05) is 19.5 Å². The van der Waals surface area contributed by atoms with Gasteiger partial charge in [0.2, 0.25) is 0 Å². The van der Waals surface area contributed by atoms with E-state index in [1.54, 1.807) is 7.05 Å². The Hall–Kier alpha value is -1.98. The maximum absolute atomic E-state index is 13.4. The van der Waals surface area contributed by atoms with Crippen LogP contribution in [0.1, 0.15) is 12.1 Å². The number of hydrogen-bond acceptors (Lipinski definition) is 3. The van der Waals surface area contributed by atoms with Gasteiger partial charge in [0.1, 0.15) is 22.8 Å². The van der Waals surface area contributed by atoms with Gasteiger partial charge in [-0.25, -0.2) is 18.2 Å². The van der Waals surface area contributed by atoms with Crippen LogP contribution in [0, 0.1) is 5.82 Å². The number of alkyl halides is 2. The first-order valence-electron chi connectivity index (χ1n) is 5.21. The molecule has 6 heteroatoms. The second-order valence-corrected chi connectivity index (χ2v) is 3.65. The molecule has 0 radical (unpaired) electrons. The molecule has 18 heavy (non-hydrogen) atoms. The minimum Gasteiger partial charge on any atom is -0.494 e. The first-order chi connectivity index (χ1) is 8.56. The van der Waals surface area contributed by atoms with Gasteiger partial charge in [0.25, 0.3) is 6.43 Å². The van der Waals surface area contributed by atoms with E-state index >= 15 is 0 Å². The standard InChI is InChI=1S/C12H11F3N2O/c1-16-8-5-9(12(14)15)17-11-7(8)3-6(13)4-10(11)18-2/h3-5,12H,1-2H3,(H,16,17). The highest BCUT2D eigenvalue weighted by Gasteiger charge is 2.16. The predicted octanol–water partition coefficient (Wildman–Crippen LogP) is 3.36. The van der Waals surface area contributed by atoms with E-state index in [0.29, 0.717) is 11.1 Å². The SMILES string of the molecule is CNc1cc(C(F)F)nc2c(OC)cc(F)cc12. The molecule has 0 aliphatic carbocycles. The van der Waals surface area contributed by atoms with E-state index in [9.17, 15) is 13.2 Å². The van der Waals surface area contributed by atoms with E-state index < -0.39 is 12.2 Å². The van der Waals surface area contributed by atoms with Crippen molar-refractivity contribution in [3.8, 4) is 5.75 Å². The van der Waals surface area contributed by atoms with Gasteiger partial charge in [-0.2, -0.15) is 0 Å². The first-order valence-corrected chi connectivity index (χ1v) is 5.21. The first kappa shape index (κ1) is 12.5. The van der Waals surface area contributed by atoms with E-state index in [2.05, 4.69) is 10.3 Å². The normalized spacial score (nSPS) is 11.0. The molecule has 1 aromatic heterocycles. The van der Waals surface area contributed by atoms with Gasteiger partial charge < -0.3 is 10.1 Å². The molecule has 0 aliphatic rings. The van der Waals surface area contributed by atoms with Crippen molar-refractivity contribution < 1.29 is 17.9 Å². The minimum absolute atomic E-state index is 0.129. The van der Waals surface area contributed by atoms with Gasteiger partial charge in [0.15, 0.2) is 0 Å². The second-order valence-electron chi connectivity index (χ2n) is 3.65. The quantitative estimate of drug-likeness (QED) is 0.914. The molecule has 2 rings (SSSR count). The molecule has 1 heterocycles. The number of halogens is 3. The monoisotopic (exact) mass is 256 g/mol. The molecule has 3 nitrogen and oxygen atoms in total. The Morgan fingerprint density at radius 3 is 2.56 bits per heavy atom. The maximum Gasteiger partial charge on any atom is 0.280 e. The molecule has 1 N–H and O–H groups in total. The largest absolute Gasteiger partial charge is 0.494 e. The zero-order chi connectivity index (χ0) is 13.3. The van der Waals surface area contributed by atoms with E-state index in [-0.39, 0.29) is 17.0 Å². The fourth-order valence-electron chi connectivity index (χ4n) is 1.76. The van der Waals surface area contributed by atoms with Gasteiger partial charge in [-0.3, -0.25) is 0 Å². The lowest BCUT2D eigenvalue weighted by Crippen LogP contribution is -1.99. The molecule has 0 unspecified atom stereocenters. The Balaban J connectivity index is 2.82. The van der Waals surface area contributed by atoms with Crippen molar-refractivity contribution in [2.45, 2.75) is 6.43 Å². The predicted molar refractivity (Wildman–Crippen MR) is 62.8 cm³/mol. The summed E-state index contributed by atoms with van der Waals surface area (Å²) < 4.78 is 43.8.